The number of rotatable bonds is 3. The first-order valence-electron chi connectivity index (χ1n) is 8.43. The predicted molar refractivity (Wildman–Crippen MR) is 99.4 cm³/mol. The molecule has 1 nitrogen and oxygen atoms in total. The fraction of sp³-hybridized carbons (Fsp3) is 0.476. The largest absolute Gasteiger partial charge is 0.261 e. The third kappa shape index (κ3) is 4.43. The summed E-state index contributed by atoms with van der Waals surface area (Å²) in [6.45, 7) is 17.1. The maximum absolute atomic E-state index is 4.54. The molecule has 1 aromatic carbocycles. The van der Waals surface area contributed by atoms with Crippen molar-refractivity contribution in [1.29, 1.82) is 0 Å². The van der Waals surface area contributed by atoms with Crippen molar-refractivity contribution in [3.05, 3.63) is 66.0 Å². The van der Waals surface area contributed by atoms with Crippen LogP contribution in [0.25, 0.3) is 0 Å². The fourth-order valence-electron chi connectivity index (χ4n) is 2.27. The Morgan fingerprint density at radius 1 is 0.636 bits per heavy atom. The van der Waals surface area contributed by atoms with Crippen molar-refractivity contribution in [2.24, 2.45) is 0 Å². The van der Waals surface area contributed by atoms with Crippen LogP contribution in [0, 0.1) is 0 Å². The van der Waals surface area contributed by atoms with Crippen LogP contribution in [0.3, 0.4) is 0 Å². The SMILES string of the molecule is CC.CC.CC(C)(c1ccccc1)C(C)(C)c1ccccn1. The van der Waals surface area contributed by atoms with Gasteiger partial charge in [-0.25, -0.2) is 0 Å². The van der Waals surface area contributed by atoms with E-state index in [1.165, 1.54) is 5.56 Å². The zero-order chi connectivity index (χ0) is 17.2. The van der Waals surface area contributed by atoms with Gasteiger partial charge in [-0.1, -0.05) is 91.8 Å². The second-order valence-corrected chi connectivity index (χ2v) is 5.83. The number of nitrogens with zero attached hydrogens (tertiary/aromatic N) is 1. The summed E-state index contributed by atoms with van der Waals surface area (Å²) in [4.78, 5) is 4.54. The van der Waals surface area contributed by atoms with Crippen molar-refractivity contribution in [1.82, 2.24) is 4.98 Å². The molecule has 22 heavy (non-hydrogen) atoms. The van der Waals surface area contributed by atoms with E-state index in [0.717, 1.165) is 5.69 Å². The summed E-state index contributed by atoms with van der Waals surface area (Å²) in [5, 5.41) is 0. The average Bonchev–Trinajstić information content (AvgIpc) is 2.60. The van der Waals surface area contributed by atoms with Gasteiger partial charge in [0.05, 0.1) is 0 Å². The summed E-state index contributed by atoms with van der Waals surface area (Å²) < 4.78 is 0. The molecule has 0 bridgehead atoms. The summed E-state index contributed by atoms with van der Waals surface area (Å²) >= 11 is 0. The second kappa shape index (κ2) is 9.40. The van der Waals surface area contributed by atoms with E-state index in [4.69, 9.17) is 0 Å². The Balaban J connectivity index is 0.00000102. The van der Waals surface area contributed by atoms with Crippen LogP contribution >= 0.6 is 0 Å². The lowest BCUT2D eigenvalue weighted by Gasteiger charge is -2.41. The van der Waals surface area contributed by atoms with Gasteiger partial charge in [-0.15, -0.1) is 0 Å². The Hall–Kier alpha value is -1.63. The van der Waals surface area contributed by atoms with E-state index in [1.54, 1.807) is 0 Å². The summed E-state index contributed by atoms with van der Waals surface area (Å²) in [5.74, 6) is 0. The van der Waals surface area contributed by atoms with Crippen LogP contribution in [-0.2, 0) is 10.8 Å². The van der Waals surface area contributed by atoms with Crippen LogP contribution in [0.15, 0.2) is 54.7 Å². The Labute approximate surface area is 137 Å². The van der Waals surface area contributed by atoms with Gasteiger partial charge in [0.2, 0.25) is 0 Å². The summed E-state index contributed by atoms with van der Waals surface area (Å²) in [6.07, 6.45) is 1.87. The molecule has 0 unspecified atom stereocenters. The molecule has 0 saturated heterocycles. The molecule has 1 heterocycles. The monoisotopic (exact) mass is 299 g/mol. The van der Waals surface area contributed by atoms with Gasteiger partial charge in [0.1, 0.15) is 0 Å². The predicted octanol–water partition coefficient (Wildman–Crippen LogP) is 6.39. The number of pyridine rings is 1. The standard InChI is InChI=1S/C17H21N.2C2H6/c1-16(2,14-10-6-5-7-11-14)17(3,4)15-12-8-9-13-18-15;2*1-2/h5-13H,1-4H3;2*1-2H3. The highest BCUT2D eigenvalue weighted by atomic mass is 14.7. The molecule has 1 aromatic heterocycles. The van der Waals surface area contributed by atoms with Gasteiger partial charge < -0.3 is 0 Å². The maximum atomic E-state index is 4.54. The lowest BCUT2D eigenvalue weighted by atomic mass is 9.62. The summed E-state index contributed by atoms with van der Waals surface area (Å²) in [7, 11) is 0. The molecule has 0 spiro atoms. The van der Waals surface area contributed by atoms with E-state index in [-0.39, 0.29) is 10.8 Å². The van der Waals surface area contributed by atoms with Crippen LogP contribution in [0.2, 0.25) is 0 Å². The van der Waals surface area contributed by atoms with E-state index in [9.17, 15) is 0 Å². The smallest absolute Gasteiger partial charge is 0.0468 e. The Morgan fingerprint density at radius 3 is 1.59 bits per heavy atom. The summed E-state index contributed by atoms with van der Waals surface area (Å²) in [6, 6.07) is 16.8. The van der Waals surface area contributed by atoms with Crippen molar-refractivity contribution < 1.29 is 0 Å². The van der Waals surface area contributed by atoms with Crippen molar-refractivity contribution in [2.75, 3.05) is 0 Å². The third-order valence-electron chi connectivity index (χ3n) is 4.36. The average molecular weight is 300 g/mol. The van der Waals surface area contributed by atoms with E-state index in [0.29, 0.717) is 0 Å². The fourth-order valence-corrected chi connectivity index (χ4v) is 2.27. The molecule has 0 aliphatic carbocycles. The normalized spacial score (nSPS) is 10.7. The Morgan fingerprint density at radius 2 is 1.14 bits per heavy atom. The number of aromatic nitrogens is 1. The zero-order valence-electron chi connectivity index (χ0n) is 15.6. The van der Waals surface area contributed by atoms with Gasteiger partial charge in [-0.05, 0) is 17.7 Å². The molecule has 2 rings (SSSR count). The van der Waals surface area contributed by atoms with Gasteiger partial charge in [0.25, 0.3) is 0 Å². The minimum atomic E-state index is -0.0182. The molecular weight excluding hydrogens is 266 g/mol. The molecule has 0 aliphatic heterocycles. The molecule has 0 amide bonds. The number of hydrogen-bond acceptors (Lipinski definition) is 1. The topological polar surface area (TPSA) is 12.9 Å². The third-order valence-corrected chi connectivity index (χ3v) is 4.36. The molecule has 0 radical (unpaired) electrons. The molecule has 122 valence electrons. The van der Waals surface area contributed by atoms with Gasteiger partial charge in [0, 0.05) is 22.7 Å². The minimum Gasteiger partial charge on any atom is -0.261 e. The molecule has 0 aliphatic rings. The van der Waals surface area contributed by atoms with E-state index in [2.05, 4.69) is 75.1 Å². The second-order valence-electron chi connectivity index (χ2n) is 5.83. The molecular formula is C21H33N. The molecule has 1 heteroatoms. The van der Waals surface area contributed by atoms with Crippen LogP contribution < -0.4 is 0 Å². The summed E-state index contributed by atoms with van der Waals surface area (Å²) in [5.41, 5.74) is 2.50. The van der Waals surface area contributed by atoms with Crippen molar-refractivity contribution in [2.45, 2.75) is 66.2 Å². The van der Waals surface area contributed by atoms with Crippen LogP contribution in [0.5, 0.6) is 0 Å². The first-order chi connectivity index (χ1) is 10.5. The van der Waals surface area contributed by atoms with Crippen LogP contribution in [0.1, 0.15) is 66.6 Å². The molecule has 0 saturated carbocycles. The quantitative estimate of drug-likeness (QED) is 0.640. The van der Waals surface area contributed by atoms with E-state index >= 15 is 0 Å². The van der Waals surface area contributed by atoms with Crippen LogP contribution in [0.4, 0.5) is 0 Å². The van der Waals surface area contributed by atoms with Crippen molar-refractivity contribution >= 4 is 0 Å². The lowest BCUT2D eigenvalue weighted by Crippen LogP contribution is -2.40. The van der Waals surface area contributed by atoms with Gasteiger partial charge >= 0.3 is 0 Å². The first-order valence-corrected chi connectivity index (χ1v) is 8.43. The Bertz CT molecular complexity index is 448. The van der Waals surface area contributed by atoms with Crippen molar-refractivity contribution in [3.8, 4) is 0 Å². The minimum absolute atomic E-state index is 0.0182. The van der Waals surface area contributed by atoms with Gasteiger partial charge in [-0.3, -0.25) is 4.98 Å². The first kappa shape index (κ1) is 20.4. The van der Waals surface area contributed by atoms with Gasteiger partial charge in [0.15, 0.2) is 0 Å². The zero-order valence-corrected chi connectivity index (χ0v) is 15.6. The highest BCUT2D eigenvalue weighted by molar-refractivity contribution is 5.33. The van der Waals surface area contributed by atoms with Crippen molar-refractivity contribution in [3.63, 3.8) is 0 Å². The van der Waals surface area contributed by atoms with E-state index < -0.39 is 0 Å². The molecule has 0 N–H and O–H groups in total. The number of hydrogen-bond donors (Lipinski definition) is 0. The molecule has 0 fully saturated rings. The van der Waals surface area contributed by atoms with Crippen LogP contribution in [-0.4, -0.2) is 4.98 Å². The maximum Gasteiger partial charge on any atom is 0.0468 e. The van der Waals surface area contributed by atoms with Gasteiger partial charge in [-0.2, -0.15) is 0 Å². The highest BCUT2D eigenvalue weighted by Gasteiger charge is 2.40. The molecule has 2 aromatic rings. The molecule has 0 atom stereocenters. The lowest BCUT2D eigenvalue weighted by molar-refractivity contribution is 0.295. The Kier molecular flexibility index (Phi) is 8.70. The number of benzene rings is 1. The van der Waals surface area contributed by atoms with E-state index in [1.807, 2.05) is 40.0 Å². The highest BCUT2D eigenvalue weighted by Crippen LogP contribution is 2.42.